The van der Waals surface area contributed by atoms with E-state index in [0.29, 0.717) is 19.0 Å². The van der Waals surface area contributed by atoms with Gasteiger partial charge < -0.3 is 9.80 Å². The van der Waals surface area contributed by atoms with Gasteiger partial charge in [0.15, 0.2) is 0 Å². The van der Waals surface area contributed by atoms with Crippen molar-refractivity contribution in [2.75, 3.05) is 26.2 Å². The quantitative estimate of drug-likeness (QED) is 0.844. The van der Waals surface area contributed by atoms with Gasteiger partial charge in [0.2, 0.25) is 11.8 Å². The van der Waals surface area contributed by atoms with Gasteiger partial charge >= 0.3 is 0 Å². The summed E-state index contributed by atoms with van der Waals surface area (Å²) >= 11 is 0. The summed E-state index contributed by atoms with van der Waals surface area (Å²) in [6.07, 6.45) is 6.15. The van der Waals surface area contributed by atoms with Crippen molar-refractivity contribution >= 4 is 11.8 Å². The zero-order valence-corrected chi connectivity index (χ0v) is 18.1. The number of nitrogens with one attached hydrogen (secondary N) is 1. The number of amides is 2. The lowest BCUT2D eigenvalue weighted by Crippen LogP contribution is -2.53. The minimum Gasteiger partial charge on any atom is -0.343 e. The first-order chi connectivity index (χ1) is 14.5. The van der Waals surface area contributed by atoms with E-state index in [9.17, 15) is 9.59 Å². The molecule has 2 aliphatic heterocycles. The Kier molecular flexibility index (Phi) is 5.93. The highest BCUT2D eigenvalue weighted by molar-refractivity contribution is 5.84. The Morgan fingerprint density at radius 1 is 1.13 bits per heavy atom. The number of hydrogen-bond acceptors (Lipinski definition) is 3. The molecule has 0 bridgehead atoms. The summed E-state index contributed by atoms with van der Waals surface area (Å²) < 4.78 is 0. The molecule has 0 saturated carbocycles. The fourth-order valence-corrected chi connectivity index (χ4v) is 5.20. The van der Waals surface area contributed by atoms with Crippen molar-refractivity contribution in [1.82, 2.24) is 20.0 Å². The molecule has 6 heteroatoms. The monoisotopic (exact) mass is 408 g/mol. The number of carbonyl (C=O) groups is 2. The van der Waals surface area contributed by atoms with Crippen LogP contribution in [-0.2, 0) is 16.0 Å². The maximum absolute atomic E-state index is 14.0. The van der Waals surface area contributed by atoms with E-state index in [0.717, 1.165) is 50.9 Å². The Hall–Kier alpha value is -2.63. The molecule has 0 aliphatic carbocycles. The highest BCUT2D eigenvalue weighted by atomic mass is 16.2. The number of likely N-dealkylation sites (tertiary alicyclic amines) is 2. The van der Waals surface area contributed by atoms with Crippen LogP contribution in [0.3, 0.4) is 0 Å². The fourth-order valence-electron chi connectivity index (χ4n) is 5.20. The highest BCUT2D eigenvalue weighted by Crippen LogP contribution is 2.39. The van der Waals surface area contributed by atoms with Crippen molar-refractivity contribution in [3.63, 3.8) is 0 Å². The van der Waals surface area contributed by atoms with Gasteiger partial charge in [-0.2, -0.15) is 5.10 Å². The topological polar surface area (TPSA) is 69.3 Å². The molecule has 3 heterocycles. The summed E-state index contributed by atoms with van der Waals surface area (Å²) in [5.74, 6) is 0.677. The Morgan fingerprint density at radius 3 is 2.50 bits per heavy atom. The number of carbonyl (C=O) groups excluding carboxylic acids is 2. The van der Waals surface area contributed by atoms with Crippen molar-refractivity contribution in [2.45, 2.75) is 51.9 Å². The molecule has 1 aromatic carbocycles. The van der Waals surface area contributed by atoms with Crippen molar-refractivity contribution in [3.05, 3.63) is 53.3 Å². The van der Waals surface area contributed by atoms with Gasteiger partial charge in [0, 0.05) is 44.7 Å². The third-order valence-electron chi connectivity index (χ3n) is 6.99. The summed E-state index contributed by atoms with van der Waals surface area (Å²) in [6.45, 7) is 6.57. The zero-order chi connectivity index (χ0) is 21.1. The number of aryl methyl sites for hydroxylation is 1. The third-order valence-corrected chi connectivity index (χ3v) is 6.99. The number of aromatic amines is 1. The van der Waals surface area contributed by atoms with Crippen LogP contribution in [-0.4, -0.2) is 58.0 Å². The van der Waals surface area contributed by atoms with E-state index >= 15 is 0 Å². The van der Waals surface area contributed by atoms with Gasteiger partial charge in [0.1, 0.15) is 0 Å². The summed E-state index contributed by atoms with van der Waals surface area (Å²) in [6, 6.07) is 10.3. The van der Waals surface area contributed by atoms with Crippen molar-refractivity contribution in [3.8, 4) is 0 Å². The minimum atomic E-state index is -0.432. The molecule has 1 aromatic heterocycles. The first-order valence-corrected chi connectivity index (χ1v) is 11.1. The van der Waals surface area contributed by atoms with Gasteiger partial charge in [-0.15, -0.1) is 0 Å². The van der Waals surface area contributed by atoms with Crippen LogP contribution in [0.4, 0.5) is 0 Å². The van der Waals surface area contributed by atoms with Crippen LogP contribution in [0.5, 0.6) is 0 Å². The Balaban J connectivity index is 1.56. The number of benzene rings is 1. The predicted molar refractivity (Wildman–Crippen MR) is 116 cm³/mol. The van der Waals surface area contributed by atoms with E-state index in [-0.39, 0.29) is 11.8 Å². The SMILES string of the molecule is CC(=O)N1CCC(Cc2ccccc2)(C(=O)N2CCC[C@H](c3[nH]ncc3C)C2)CC1. The molecule has 0 spiro atoms. The number of aromatic nitrogens is 2. The normalized spacial score (nSPS) is 21.5. The van der Waals surface area contributed by atoms with Crippen LogP contribution in [0.2, 0.25) is 0 Å². The lowest BCUT2D eigenvalue weighted by molar-refractivity contribution is -0.149. The standard InChI is InChI=1S/C24H32N4O2/c1-18-16-25-26-22(18)21-9-6-12-28(17-21)23(30)24(15-20-7-4-3-5-8-20)10-13-27(14-11-24)19(2)29/h3-5,7-8,16,21H,6,9-15,17H2,1-2H3,(H,25,26)/t21-/m0/s1. The molecule has 0 unspecified atom stereocenters. The molecule has 30 heavy (non-hydrogen) atoms. The molecular weight excluding hydrogens is 376 g/mol. The Morgan fingerprint density at radius 2 is 1.87 bits per heavy atom. The zero-order valence-electron chi connectivity index (χ0n) is 18.1. The lowest BCUT2D eigenvalue weighted by atomic mass is 9.72. The van der Waals surface area contributed by atoms with Crippen LogP contribution in [0, 0.1) is 12.3 Å². The molecule has 160 valence electrons. The molecule has 1 N–H and O–H groups in total. The van der Waals surface area contributed by atoms with Gasteiger partial charge in [-0.25, -0.2) is 0 Å². The summed E-state index contributed by atoms with van der Waals surface area (Å²) in [7, 11) is 0. The third kappa shape index (κ3) is 4.13. The van der Waals surface area contributed by atoms with Gasteiger partial charge in [-0.05, 0) is 50.2 Å². The molecule has 2 saturated heterocycles. The number of hydrogen-bond donors (Lipinski definition) is 1. The summed E-state index contributed by atoms with van der Waals surface area (Å²) in [5, 5.41) is 7.33. The second kappa shape index (κ2) is 8.62. The van der Waals surface area contributed by atoms with Crippen LogP contribution < -0.4 is 0 Å². The first-order valence-electron chi connectivity index (χ1n) is 11.1. The van der Waals surface area contributed by atoms with Crippen LogP contribution in [0.1, 0.15) is 55.3 Å². The molecule has 2 aromatic rings. The maximum Gasteiger partial charge on any atom is 0.229 e. The average Bonchev–Trinajstić information content (AvgIpc) is 3.20. The smallest absolute Gasteiger partial charge is 0.229 e. The van der Waals surface area contributed by atoms with E-state index in [1.807, 2.05) is 29.3 Å². The molecule has 6 nitrogen and oxygen atoms in total. The molecule has 0 radical (unpaired) electrons. The largest absolute Gasteiger partial charge is 0.343 e. The molecule has 1 atom stereocenters. The van der Waals surface area contributed by atoms with Crippen molar-refractivity contribution in [2.24, 2.45) is 5.41 Å². The number of piperidine rings is 2. The summed E-state index contributed by atoms with van der Waals surface area (Å²) in [4.78, 5) is 29.8. The van der Waals surface area contributed by atoms with E-state index in [4.69, 9.17) is 0 Å². The van der Waals surface area contributed by atoms with E-state index in [1.165, 1.54) is 11.1 Å². The number of H-pyrrole nitrogens is 1. The summed E-state index contributed by atoms with van der Waals surface area (Å²) in [5.41, 5.74) is 3.09. The molecular formula is C24H32N4O2. The Labute approximate surface area is 178 Å². The van der Waals surface area contributed by atoms with Crippen molar-refractivity contribution in [1.29, 1.82) is 0 Å². The molecule has 4 rings (SSSR count). The molecule has 2 amide bonds. The minimum absolute atomic E-state index is 0.100. The van der Waals surface area contributed by atoms with Crippen molar-refractivity contribution < 1.29 is 9.59 Å². The lowest BCUT2D eigenvalue weighted by Gasteiger charge is -2.45. The average molecular weight is 409 g/mol. The fraction of sp³-hybridized carbons (Fsp3) is 0.542. The predicted octanol–water partition coefficient (Wildman–Crippen LogP) is 3.30. The van der Waals surface area contributed by atoms with Gasteiger partial charge in [-0.3, -0.25) is 14.7 Å². The number of rotatable bonds is 4. The molecule has 2 aliphatic rings. The van der Waals surface area contributed by atoms with Gasteiger partial charge in [0.05, 0.1) is 11.6 Å². The van der Waals surface area contributed by atoms with E-state index in [1.54, 1.807) is 6.92 Å². The number of nitrogens with zero attached hydrogens (tertiary/aromatic N) is 3. The van der Waals surface area contributed by atoms with Crippen LogP contribution in [0.15, 0.2) is 36.5 Å². The second-order valence-electron chi connectivity index (χ2n) is 9.01. The van der Waals surface area contributed by atoms with Gasteiger partial charge in [0.25, 0.3) is 0 Å². The molecule has 2 fully saturated rings. The van der Waals surface area contributed by atoms with Gasteiger partial charge in [-0.1, -0.05) is 30.3 Å². The van der Waals surface area contributed by atoms with Crippen LogP contribution in [0.25, 0.3) is 0 Å². The maximum atomic E-state index is 14.0. The first kappa shape index (κ1) is 20.6. The Bertz CT molecular complexity index is 884. The van der Waals surface area contributed by atoms with E-state index in [2.05, 4.69) is 34.2 Å². The highest BCUT2D eigenvalue weighted by Gasteiger charge is 2.45. The second-order valence-corrected chi connectivity index (χ2v) is 9.01. The van der Waals surface area contributed by atoms with Crippen LogP contribution >= 0.6 is 0 Å². The van der Waals surface area contributed by atoms with E-state index < -0.39 is 5.41 Å².